The van der Waals surface area contributed by atoms with Crippen LogP contribution in [0.4, 0.5) is 0 Å². The van der Waals surface area contributed by atoms with E-state index in [1.807, 2.05) is 0 Å². The summed E-state index contributed by atoms with van der Waals surface area (Å²) < 4.78 is 23.6. The van der Waals surface area contributed by atoms with E-state index in [0.29, 0.717) is 54.0 Å². The number of benzene rings is 2. The number of hydrogen-bond donors (Lipinski definition) is 0. The average Bonchev–Trinajstić information content (AvgIpc) is 3.56. The van der Waals surface area contributed by atoms with Gasteiger partial charge >= 0.3 is 11.9 Å². The molecule has 0 spiro atoms. The highest BCUT2D eigenvalue weighted by molar-refractivity contribution is 7.07. The van der Waals surface area contributed by atoms with Crippen molar-refractivity contribution >= 4 is 41.0 Å². The number of ether oxygens (including phenoxy) is 3. The Hall–Kier alpha value is -4.41. The maximum Gasteiger partial charge on any atom is 0.338 e. The van der Waals surface area contributed by atoms with Crippen LogP contribution in [-0.2, 0) is 14.3 Å². The first-order valence-corrected chi connectivity index (χ1v) is 13.8. The zero-order chi connectivity index (χ0) is 29.3. The highest BCUT2D eigenvalue weighted by Gasteiger charge is 2.35. The summed E-state index contributed by atoms with van der Waals surface area (Å²) in [6.45, 7) is 3.56. The molecule has 0 aliphatic carbocycles. The van der Waals surface area contributed by atoms with Crippen LogP contribution in [0.5, 0.6) is 5.75 Å². The molecule has 0 bridgehead atoms. The molecule has 41 heavy (non-hydrogen) atoms. The SMILES string of the molecule is CCOC(=O)C1=C(C)N=c2s/c(=C\c3ccc(-c4ccccc4C(=O)OC)o3)c(=O)n2[C@@H]1c1cc(Cl)ccc1OC. The molecule has 0 N–H and O–H groups in total. The molecule has 1 aliphatic heterocycles. The standard InChI is InChI=1S/C30H25ClN2O7S/c1-5-39-29(36)25-16(2)32-30-33(26(25)21-14-17(31)10-12-22(21)37-3)27(34)24(41-30)15-18-11-13-23(40-18)19-8-6-7-9-20(19)28(35)38-4/h6-15,26H,5H2,1-4H3/b24-15-/t26-/m1/s1. The zero-order valence-electron chi connectivity index (χ0n) is 22.6. The lowest BCUT2D eigenvalue weighted by molar-refractivity contribution is -0.139. The van der Waals surface area contributed by atoms with Crippen LogP contribution in [0.3, 0.4) is 0 Å². The number of thiazole rings is 1. The van der Waals surface area contributed by atoms with Gasteiger partial charge in [-0.15, -0.1) is 0 Å². The summed E-state index contributed by atoms with van der Waals surface area (Å²) in [6.07, 6.45) is 1.60. The van der Waals surface area contributed by atoms with Crippen molar-refractivity contribution in [1.29, 1.82) is 0 Å². The van der Waals surface area contributed by atoms with Gasteiger partial charge in [0.2, 0.25) is 0 Å². The van der Waals surface area contributed by atoms with E-state index in [4.69, 9.17) is 30.2 Å². The van der Waals surface area contributed by atoms with Gasteiger partial charge in [-0.2, -0.15) is 0 Å². The molecule has 1 aliphatic rings. The minimum absolute atomic E-state index is 0.152. The maximum atomic E-state index is 13.9. The number of fused-ring (bicyclic) bond motifs is 1. The van der Waals surface area contributed by atoms with Crippen molar-refractivity contribution < 1.29 is 28.2 Å². The summed E-state index contributed by atoms with van der Waals surface area (Å²) in [5, 5.41) is 0.413. The number of hydrogen-bond acceptors (Lipinski definition) is 9. The third-order valence-electron chi connectivity index (χ3n) is 6.50. The Labute approximate surface area is 243 Å². The molecule has 3 heterocycles. The molecule has 0 saturated heterocycles. The van der Waals surface area contributed by atoms with Crippen LogP contribution in [0.2, 0.25) is 5.02 Å². The number of methoxy groups -OCH3 is 2. The molecule has 210 valence electrons. The largest absolute Gasteiger partial charge is 0.496 e. The topological polar surface area (TPSA) is 109 Å². The van der Waals surface area contributed by atoms with Crippen LogP contribution in [0, 0.1) is 0 Å². The highest BCUT2D eigenvalue weighted by Crippen LogP contribution is 2.37. The average molecular weight is 593 g/mol. The second-order valence-corrected chi connectivity index (χ2v) is 10.4. The van der Waals surface area contributed by atoms with E-state index < -0.39 is 18.0 Å². The molecule has 1 atom stereocenters. The highest BCUT2D eigenvalue weighted by atomic mass is 35.5. The lowest BCUT2D eigenvalue weighted by Gasteiger charge is -2.26. The molecular weight excluding hydrogens is 568 g/mol. The van der Waals surface area contributed by atoms with Crippen molar-refractivity contribution in [2.75, 3.05) is 20.8 Å². The number of furan rings is 1. The molecule has 0 unspecified atom stereocenters. The monoisotopic (exact) mass is 592 g/mol. The Balaban J connectivity index is 1.67. The van der Waals surface area contributed by atoms with Gasteiger partial charge in [0.1, 0.15) is 23.3 Å². The van der Waals surface area contributed by atoms with Crippen molar-refractivity contribution in [2.45, 2.75) is 19.9 Å². The number of rotatable bonds is 7. The van der Waals surface area contributed by atoms with E-state index in [1.54, 1.807) is 74.5 Å². The van der Waals surface area contributed by atoms with Gasteiger partial charge < -0.3 is 18.6 Å². The Kier molecular flexibility index (Phi) is 7.96. The van der Waals surface area contributed by atoms with Crippen LogP contribution < -0.4 is 19.6 Å². The predicted molar refractivity (Wildman–Crippen MR) is 154 cm³/mol. The number of allylic oxidation sites excluding steroid dienone is 1. The van der Waals surface area contributed by atoms with Gasteiger partial charge in [0, 0.05) is 22.2 Å². The van der Waals surface area contributed by atoms with Crippen LogP contribution in [0.15, 0.2) is 80.1 Å². The molecule has 2 aromatic heterocycles. The first kappa shape index (κ1) is 28.1. The fourth-order valence-corrected chi connectivity index (χ4v) is 5.90. The van der Waals surface area contributed by atoms with Gasteiger partial charge in [-0.25, -0.2) is 14.6 Å². The minimum atomic E-state index is -0.889. The Bertz CT molecular complexity index is 1880. The Morgan fingerprint density at radius 1 is 1.12 bits per heavy atom. The zero-order valence-corrected chi connectivity index (χ0v) is 24.2. The molecule has 5 rings (SSSR count). The first-order chi connectivity index (χ1) is 19.8. The number of carbonyl (C=O) groups is 2. The quantitative estimate of drug-likeness (QED) is 0.291. The number of nitrogens with zero attached hydrogens (tertiary/aromatic N) is 2. The smallest absolute Gasteiger partial charge is 0.338 e. The number of halogens is 1. The van der Waals surface area contributed by atoms with Crippen molar-refractivity contribution in [3.63, 3.8) is 0 Å². The van der Waals surface area contributed by atoms with Crippen molar-refractivity contribution in [2.24, 2.45) is 4.99 Å². The molecule has 0 amide bonds. The van der Waals surface area contributed by atoms with E-state index in [9.17, 15) is 14.4 Å². The van der Waals surface area contributed by atoms with Crippen LogP contribution >= 0.6 is 22.9 Å². The first-order valence-electron chi connectivity index (χ1n) is 12.6. The summed E-state index contributed by atoms with van der Waals surface area (Å²) in [5.74, 6) is 0.201. The van der Waals surface area contributed by atoms with E-state index in [-0.39, 0.29) is 17.7 Å². The van der Waals surface area contributed by atoms with Gasteiger partial charge in [0.15, 0.2) is 4.80 Å². The van der Waals surface area contributed by atoms with Crippen LogP contribution in [0.25, 0.3) is 17.4 Å². The van der Waals surface area contributed by atoms with Crippen molar-refractivity contribution in [1.82, 2.24) is 4.57 Å². The summed E-state index contributed by atoms with van der Waals surface area (Å²) in [5.41, 5.74) is 1.68. The Morgan fingerprint density at radius 3 is 2.63 bits per heavy atom. The minimum Gasteiger partial charge on any atom is -0.496 e. The van der Waals surface area contributed by atoms with Gasteiger partial charge in [-0.3, -0.25) is 9.36 Å². The van der Waals surface area contributed by atoms with E-state index in [0.717, 1.165) is 11.3 Å². The molecule has 9 nitrogen and oxygen atoms in total. The third-order valence-corrected chi connectivity index (χ3v) is 7.72. The number of aromatic nitrogens is 1. The summed E-state index contributed by atoms with van der Waals surface area (Å²) >= 11 is 7.50. The summed E-state index contributed by atoms with van der Waals surface area (Å²) in [4.78, 5) is 44.3. The van der Waals surface area contributed by atoms with Gasteiger partial charge in [-0.1, -0.05) is 41.1 Å². The molecule has 4 aromatic rings. The Morgan fingerprint density at radius 2 is 1.90 bits per heavy atom. The summed E-state index contributed by atoms with van der Waals surface area (Å²) in [7, 11) is 2.82. The summed E-state index contributed by atoms with van der Waals surface area (Å²) in [6, 6.07) is 14.5. The third kappa shape index (κ3) is 5.23. The fraction of sp³-hybridized carbons (Fsp3) is 0.200. The van der Waals surface area contributed by atoms with Crippen LogP contribution in [0.1, 0.15) is 41.6 Å². The second-order valence-electron chi connectivity index (χ2n) is 8.93. The predicted octanol–water partition coefficient (Wildman–Crippen LogP) is 4.51. The fourth-order valence-electron chi connectivity index (χ4n) is 4.69. The second kappa shape index (κ2) is 11.6. The van der Waals surface area contributed by atoms with Crippen molar-refractivity contribution in [3.05, 3.63) is 107 Å². The molecule has 2 aromatic carbocycles. The van der Waals surface area contributed by atoms with E-state index in [2.05, 4.69) is 4.99 Å². The lowest BCUT2D eigenvalue weighted by Crippen LogP contribution is -2.40. The van der Waals surface area contributed by atoms with E-state index in [1.165, 1.54) is 18.8 Å². The van der Waals surface area contributed by atoms with Gasteiger partial charge in [-0.05, 0) is 50.2 Å². The molecule has 0 fully saturated rings. The van der Waals surface area contributed by atoms with Crippen molar-refractivity contribution in [3.8, 4) is 17.1 Å². The lowest BCUT2D eigenvalue weighted by atomic mass is 9.95. The number of esters is 2. The van der Waals surface area contributed by atoms with Gasteiger partial charge in [0.25, 0.3) is 5.56 Å². The molecule has 11 heteroatoms. The molecular formula is C30H25ClN2O7S. The molecule has 0 saturated carbocycles. The maximum absolute atomic E-state index is 13.9. The normalized spacial score (nSPS) is 14.9. The number of carbonyl (C=O) groups excluding carboxylic acids is 2. The van der Waals surface area contributed by atoms with Crippen LogP contribution in [-0.4, -0.2) is 37.3 Å². The molecule has 0 radical (unpaired) electrons. The van der Waals surface area contributed by atoms with E-state index >= 15 is 0 Å². The van der Waals surface area contributed by atoms with Gasteiger partial charge in [0.05, 0.1) is 42.2 Å².